The Hall–Kier alpha value is -0.780. The number of aromatic nitrogens is 1. The first-order chi connectivity index (χ1) is 6.79. The Bertz CT molecular complexity index is 471. The van der Waals surface area contributed by atoms with Gasteiger partial charge in [-0.3, -0.25) is 0 Å². The van der Waals surface area contributed by atoms with Gasteiger partial charge < -0.3 is 4.74 Å². The van der Waals surface area contributed by atoms with Crippen LogP contribution in [-0.4, -0.2) is 12.1 Å². The molecular weight excluding hydrogens is 234 g/mol. The molecule has 0 aliphatic rings. The van der Waals surface area contributed by atoms with Crippen molar-refractivity contribution in [1.82, 2.24) is 4.98 Å². The first-order valence-corrected chi connectivity index (χ1v) is 6.47. The zero-order valence-electron chi connectivity index (χ0n) is 7.39. The van der Waals surface area contributed by atoms with Crippen LogP contribution in [0.25, 0.3) is 10.6 Å². The van der Waals surface area contributed by atoms with E-state index in [0.717, 1.165) is 16.3 Å². The van der Waals surface area contributed by atoms with Crippen molar-refractivity contribution in [2.75, 3.05) is 7.11 Å². The maximum atomic E-state index is 5.08. The van der Waals surface area contributed by atoms with Gasteiger partial charge in [0.25, 0.3) is 0 Å². The molecule has 2 nitrogen and oxygen atoms in total. The molecule has 0 spiro atoms. The van der Waals surface area contributed by atoms with Gasteiger partial charge in [0, 0.05) is 5.56 Å². The molecule has 72 valence electrons. The minimum absolute atomic E-state index is 0.695. The third-order valence-corrected chi connectivity index (χ3v) is 4.38. The molecule has 2 rings (SSSR count). The van der Waals surface area contributed by atoms with Gasteiger partial charge in [0.15, 0.2) is 3.95 Å². The number of nitrogens with zero attached hydrogens (tertiary/aromatic N) is 1. The van der Waals surface area contributed by atoms with Crippen molar-refractivity contribution in [2.45, 2.75) is 0 Å². The van der Waals surface area contributed by atoms with E-state index < -0.39 is 0 Å². The van der Waals surface area contributed by atoms with E-state index in [-0.39, 0.29) is 0 Å². The average Bonchev–Trinajstić information content (AvgIpc) is 2.65. The van der Waals surface area contributed by atoms with E-state index in [2.05, 4.69) is 4.98 Å². The van der Waals surface area contributed by atoms with E-state index in [1.807, 2.05) is 24.3 Å². The molecule has 0 atom stereocenters. The largest absolute Gasteiger partial charge is 0.497 e. The molecule has 0 aliphatic heterocycles. The number of ether oxygens (including phenoxy) is 1. The van der Waals surface area contributed by atoms with Gasteiger partial charge in [-0.1, -0.05) is 10.3 Å². The summed E-state index contributed by atoms with van der Waals surface area (Å²) >= 11 is 4.97. The Morgan fingerprint density at radius 3 is 2.43 bits per heavy atom. The Morgan fingerprint density at radius 2 is 1.93 bits per heavy atom. The van der Waals surface area contributed by atoms with E-state index >= 15 is 0 Å². The summed E-state index contributed by atoms with van der Waals surface area (Å²) in [5, 5.41) is 0.975. The predicted octanol–water partition coefficient (Wildman–Crippen LogP) is 3.61. The fourth-order valence-electron chi connectivity index (χ4n) is 1.04. The van der Waals surface area contributed by atoms with Gasteiger partial charge in [-0.2, -0.15) is 0 Å². The zero-order chi connectivity index (χ0) is 9.97. The Balaban J connectivity index is 2.38. The Kier molecular flexibility index (Phi) is 2.90. The van der Waals surface area contributed by atoms with Crippen molar-refractivity contribution in [3.63, 3.8) is 0 Å². The highest BCUT2D eigenvalue weighted by molar-refractivity contribution is 7.79. The predicted molar refractivity (Wildman–Crippen MR) is 62.8 cm³/mol. The summed E-state index contributed by atoms with van der Waals surface area (Å²) in [6.07, 6.45) is 0. The SMILES string of the molecule is COc1ccc(-c2nc(=S)ss2)cc1. The molecule has 2 aromatic rings. The fourth-order valence-corrected chi connectivity index (χ4v) is 3.16. The standard InChI is InChI=1S/C9H7NOS3/c1-11-7-4-2-6(3-5-7)8-10-9(12)14-13-8/h2-5H,1H3. The van der Waals surface area contributed by atoms with Crippen LogP contribution in [-0.2, 0) is 0 Å². The molecule has 1 aromatic heterocycles. The van der Waals surface area contributed by atoms with Crippen LogP contribution >= 0.6 is 32.9 Å². The van der Waals surface area contributed by atoms with Gasteiger partial charge >= 0.3 is 0 Å². The minimum Gasteiger partial charge on any atom is -0.497 e. The lowest BCUT2D eigenvalue weighted by Gasteiger charge is -1.99. The molecule has 0 unspecified atom stereocenters. The number of benzene rings is 1. The van der Waals surface area contributed by atoms with Crippen LogP contribution in [0.15, 0.2) is 24.3 Å². The number of methoxy groups -OCH3 is 1. The maximum Gasteiger partial charge on any atom is 0.191 e. The summed E-state index contributed by atoms with van der Waals surface area (Å²) in [6, 6.07) is 7.81. The molecule has 0 bridgehead atoms. The van der Waals surface area contributed by atoms with Gasteiger partial charge in [-0.25, -0.2) is 4.98 Å². The summed E-state index contributed by atoms with van der Waals surface area (Å²) < 4.78 is 5.77. The fraction of sp³-hybridized carbons (Fsp3) is 0.111. The van der Waals surface area contributed by atoms with E-state index in [4.69, 9.17) is 17.0 Å². The molecule has 0 N–H and O–H groups in total. The first-order valence-electron chi connectivity index (χ1n) is 3.91. The second-order valence-electron chi connectivity index (χ2n) is 2.58. The summed E-state index contributed by atoms with van der Waals surface area (Å²) in [5.74, 6) is 0.854. The molecule has 1 heterocycles. The van der Waals surface area contributed by atoms with Crippen molar-refractivity contribution in [3.05, 3.63) is 28.2 Å². The van der Waals surface area contributed by atoms with Crippen molar-refractivity contribution >= 4 is 32.9 Å². The van der Waals surface area contributed by atoms with Gasteiger partial charge in [0.2, 0.25) is 0 Å². The average molecular weight is 241 g/mol. The second-order valence-corrected chi connectivity index (χ2v) is 5.33. The molecule has 0 fully saturated rings. The molecule has 0 amide bonds. The van der Waals surface area contributed by atoms with E-state index in [1.54, 1.807) is 17.5 Å². The van der Waals surface area contributed by atoms with Crippen LogP contribution in [0.1, 0.15) is 0 Å². The third kappa shape index (κ3) is 2.00. The zero-order valence-corrected chi connectivity index (χ0v) is 9.84. The maximum absolute atomic E-state index is 5.08. The van der Waals surface area contributed by atoms with Gasteiger partial charge in [-0.05, 0) is 46.8 Å². The Morgan fingerprint density at radius 1 is 1.21 bits per heavy atom. The first kappa shape index (κ1) is 9.76. The highest BCUT2D eigenvalue weighted by Crippen LogP contribution is 2.27. The lowest BCUT2D eigenvalue weighted by Crippen LogP contribution is -1.81. The molecule has 14 heavy (non-hydrogen) atoms. The molecule has 0 radical (unpaired) electrons. The molecular formula is C9H7NOS3. The summed E-state index contributed by atoms with van der Waals surface area (Å²) in [6.45, 7) is 0. The van der Waals surface area contributed by atoms with Crippen LogP contribution in [0.4, 0.5) is 0 Å². The van der Waals surface area contributed by atoms with Crippen LogP contribution in [0.5, 0.6) is 5.75 Å². The monoisotopic (exact) mass is 241 g/mol. The van der Waals surface area contributed by atoms with Crippen molar-refractivity contribution < 1.29 is 4.74 Å². The summed E-state index contributed by atoms with van der Waals surface area (Å²) in [5.41, 5.74) is 1.09. The van der Waals surface area contributed by atoms with Crippen molar-refractivity contribution in [3.8, 4) is 16.3 Å². The molecule has 1 aromatic carbocycles. The number of hydrogen-bond donors (Lipinski definition) is 0. The van der Waals surface area contributed by atoms with Crippen LogP contribution in [0, 0.1) is 3.95 Å². The van der Waals surface area contributed by atoms with Gasteiger partial charge in [-0.15, -0.1) is 0 Å². The number of rotatable bonds is 2. The molecule has 0 saturated carbocycles. The van der Waals surface area contributed by atoms with Crippen LogP contribution in [0.2, 0.25) is 0 Å². The second kappa shape index (κ2) is 4.16. The van der Waals surface area contributed by atoms with Gasteiger partial charge in [0.1, 0.15) is 10.8 Å². The minimum atomic E-state index is 0.695. The van der Waals surface area contributed by atoms with E-state index in [0.29, 0.717) is 3.95 Å². The van der Waals surface area contributed by atoms with Crippen LogP contribution in [0.3, 0.4) is 0 Å². The van der Waals surface area contributed by atoms with E-state index in [9.17, 15) is 0 Å². The van der Waals surface area contributed by atoms with E-state index in [1.165, 1.54) is 10.3 Å². The normalized spacial score (nSPS) is 10.1. The van der Waals surface area contributed by atoms with Crippen molar-refractivity contribution in [1.29, 1.82) is 0 Å². The topological polar surface area (TPSA) is 22.1 Å². The smallest absolute Gasteiger partial charge is 0.191 e. The highest BCUT2D eigenvalue weighted by Gasteiger charge is 2.01. The molecule has 0 saturated heterocycles. The van der Waals surface area contributed by atoms with Crippen molar-refractivity contribution in [2.24, 2.45) is 0 Å². The Labute approximate surface area is 94.2 Å². The third-order valence-electron chi connectivity index (χ3n) is 1.72. The summed E-state index contributed by atoms with van der Waals surface area (Å²) in [7, 11) is 4.78. The summed E-state index contributed by atoms with van der Waals surface area (Å²) in [4.78, 5) is 4.25. The quantitative estimate of drug-likeness (QED) is 0.592. The lowest BCUT2D eigenvalue weighted by atomic mass is 10.2. The highest BCUT2D eigenvalue weighted by atomic mass is 32.9. The van der Waals surface area contributed by atoms with Gasteiger partial charge in [0.05, 0.1) is 7.11 Å². The van der Waals surface area contributed by atoms with Crippen LogP contribution < -0.4 is 4.74 Å². The molecule has 0 aliphatic carbocycles. The number of hydrogen-bond acceptors (Lipinski definition) is 5. The lowest BCUT2D eigenvalue weighted by molar-refractivity contribution is 0.415. The molecule has 5 heteroatoms.